The van der Waals surface area contributed by atoms with Gasteiger partial charge >= 0.3 is 0 Å². The average Bonchev–Trinajstić information content (AvgIpc) is 2.28. The van der Waals surface area contributed by atoms with Crippen molar-refractivity contribution < 1.29 is 4.79 Å². The van der Waals surface area contributed by atoms with Gasteiger partial charge in [0.25, 0.3) is 0 Å². The van der Waals surface area contributed by atoms with Gasteiger partial charge in [-0.15, -0.1) is 0 Å². The Bertz CT molecular complexity index is 361. The van der Waals surface area contributed by atoms with Crippen molar-refractivity contribution in [2.45, 2.75) is 52.4 Å². The first kappa shape index (κ1) is 13.4. The average molecular weight is 246 g/mol. The van der Waals surface area contributed by atoms with Gasteiger partial charge in [0.2, 0.25) is 5.91 Å². The van der Waals surface area contributed by atoms with E-state index in [1.807, 2.05) is 12.2 Å². The second kappa shape index (κ2) is 5.73. The largest absolute Gasteiger partial charge is 0.329 e. The van der Waals surface area contributed by atoms with Crippen LogP contribution in [-0.2, 0) is 4.79 Å². The quantitative estimate of drug-likeness (QED) is 0.786. The summed E-state index contributed by atoms with van der Waals surface area (Å²) >= 11 is 0. The SMILES string of the molecule is CC(C)CCC1(C(=O)NC2=CC=CC[CH]2)CCC1. The van der Waals surface area contributed by atoms with Crippen molar-refractivity contribution in [3.8, 4) is 0 Å². The molecular formula is C16H24NO. The second-order valence-corrected chi connectivity index (χ2v) is 6.01. The van der Waals surface area contributed by atoms with E-state index in [0.29, 0.717) is 5.92 Å². The van der Waals surface area contributed by atoms with Crippen LogP contribution in [0.3, 0.4) is 0 Å². The second-order valence-electron chi connectivity index (χ2n) is 6.01. The maximum absolute atomic E-state index is 12.4. The fraction of sp³-hybridized carbons (Fsp3) is 0.625. The van der Waals surface area contributed by atoms with Crippen LogP contribution in [0.5, 0.6) is 0 Å². The van der Waals surface area contributed by atoms with E-state index >= 15 is 0 Å². The molecule has 0 bridgehead atoms. The van der Waals surface area contributed by atoms with E-state index in [1.54, 1.807) is 0 Å². The zero-order chi connectivity index (χ0) is 13.0. The van der Waals surface area contributed by atoms with Crippen LogP contribution in [0.25, 0.3) is 0 Å². The number of nitrogens with one attached hydrogen (secondary N) is 1. The van der Waals surface area contributed by atoms with Gasteiger partial charge in [-0.25, -0.2) is 0 Å². The summed E-state index contributed by atoms with van der Waals surface area (Å²) in [4.78, 5) is 12.4. The van der Waals surface area contributed by atoms with E-state index in [4.69, 9.17) is 0 Å². The fourth-order valence-corrected chi connectivity index (χ4v) is 2.63. The van der Waals surface area contributed by atoms with Crippen LogP contribution in [0.4, 0.5) is 0 Å². The lowest BCUT2D eigenvalue weighted by Crippen LogP contribution is -2.45. The van der Waals surface area contributed by atoms with Gasteiger partial charge in [-0.3, -0.25) is 4.79 Å². The van der Waals surface area contributed by atoms with Gasteiger partial charge in [0.1, 0.15) is 0 Å². The van der Waals surface area contributed by atoms with Gasteiger partial charge < -0.3 is 5.32 Å². The molecule has 0 aromatic rings. The molecule has 18 heavy (non-hydrogen) atoms. The molecule has 1 fully saturated rings. The third kappa shape index (κ3) is 3.04. The van der Waals surface area contributed by atoms with Crippen molar-refractivity contribution in [3.63, 3.8) is 0 Å². The molecule has 1 saturated carbocycles. The van der Waals surface area contributed by atoms with Crippen LogP contribution in [0.15, 0.2) is 23.9 Å². The van der Waals surface area contributed by atoms with Gasteiger partial charge in [-0.2, -0.15) is 0 Å². The van der Waals surface area contributed by atoms with E-state index in [0.717, 1.165) is 37.8 Å². The molecule has 1 radical (unpaired) electrons. The third-order valence-electron chi connectivity index (χ3n) is 4.14. The number of hydrogen-bond donors (Lipinski definition) is 1. The van der Waals surface area contributed by atoms with Crippen molar-refractivity contribution in [2.24, 2.45) is 11.3 Å². The number of hydrogen-bond acceptors (Lipinski definition) is 1. The van der Waals surface area contributed by atoms with Gasteiger partial charge in [-0.05, 0) is 44.1 Å². The van der Waals surface area contributed by atoms with Crippen LogP contribution in [0.2, 0.25) is 0 Å². The first-order chi connectivity index (χ1) is 8.62. The van der Waals surface area contributed by atoms with Crippen molar-refractivity contribution in [2.75, 3.05) is 0 Å². The van der Waals surface area contributed by atoms with Gasteiger partial charge in [0, 0.05) is 17.5 Å². The van der Waals surface area contributed by atoms with E-state index in [9.17, 15) is 4.79 Å². The predicted octanol–water partition coefficient (Wildman–Crippen LogP) is 3.76. The van der Waals surface area contributed by atoms with Crippen molar-refractivity contribution in [1.82, 2.24) is 5.32 Å². The molecule has 0 unspecified atom stereocenters. The Balaban J connectivity index is 1.92. The molecule has 1 N–H and O–H groups in total. The maximum atomic E-state index is 12.4. The standard InChI is InChI=1S/C16H24NO/c1-13(2)9-12-16(10-6-11-16)15(18)17-14-7-4-3-5-8-14/h3-4,7-8,13H,5-6,9-12H2,1-2H3,(H,17,18). The molecule has 2 rings (SSSR count). The number of amides is 1. The Morgan fingerprint density at radius 3 is 2.72 bits per heavy atom. The maximum Gasteiger partial charge on any atom is 0.230 e. The molecular weight excluding hydrogens is 222 g/mol. The van der Waals surface area contributed by atoms with Crippen molar-refractivity contribution in [3.05, 3.63) is 30.3 Å². The molecule has 0 saturated heterocycles. The summed E-state index contributed by atoms with van der Waals surface area (Å²) in [6.07, 6.45) is 14.6. The summed E-state index contributed by atoms with van der Waals surface area (Å²) in [7, 11) is 0. The molecule has 0 atom stereocenters. The Morgan fingerprint density at radius 1 is 1.44 bits per heavy atom. The Morgan fingerprint density at radius 2 is 2.22 bits per heavy atom. The van der Waals surface area contributed by atoms with Gasteiger partial charge in [-0.1, -0.05) is 32.4 Å². The summed E-state index contributed by atoms with van der Waals surface area (Å²) in [6, 6.07) is 0. The number of carbonyl (C=O) groups excluding carboxylic acids is 1. The minimum atomic E-state index is -0.0693. The van der Waals surface area contributed by atoms with E-state index in [2.05, 4.69) is 31.7 Å². The minimum Gasteiger partial charge on any atom is -0.329 e. The molecule has 0 aromatic carbocycles. The zero-order valence-corrected chi connectivity index (χ0v) is 11.5. The molecule has 2 heteroatoms. The molecule has 2 nitrogen and oxygen atoms in total. The van der Waals surface area contributed by atoms with Gasteiger partial charge in [0.15, 0.2) is 0 Å². The molecule has 99 valence electrons. The lowest BCUT2D eigenvalue weighted by Gasteiger charge is -2.41. The number of allylic oxidation sites excluding steroid dienone is 4. The summed E-state index contributed by atoms with van der Waals surface area (Å²) in [5.74, 6) is 0.922. The lowest BCUT2D eigenvalue weighted by molar-refractivity contribution is -0.136. The highest BCUT2D eigenvalue weighted by Crippen LogP contribution is 2.45. The molecule has 0 aliphatic heterocycles. The lowest BCUT2D eigenvalue weighted by atomic mass is 9.64. The third-order valence-corrected chi connectivity index (χ3v) is 4.14. The van der Waals surface area contributed by atoms with Crippen LogP contribution in [0.1, 0.15) is 52.4 Å². The van der Waals surface area contributed by atoms with Crippen molar-refractivity contribution in [1.29, 1.82) is 0 Å². The van der Waals surface area contributed by atoms with Crippen LogP contribution >= 0.6 is 0 Å². The highest BCUT2D eigenvalue weighted by molar-refractivity contribution is 5.85. The van der Waals surface area contributed by atoms with Gasteiger partial charge in [0.05, 0.1) is 0 Å². The molecule has 0 heterocycles. The molecule has 2 aliphatic carbocycles. The first-order valence-corrected chi connectivity index (χ1v) is 7.14. The summed E-state index contributed by atoms with van der Waals surface area (Å²) in [5.41, 5.74) is 0.901. The Labute approximate surface area is 111 Å². The Kier molecular flexibility index (Phi) is 4.26. The normalized spacial score (nSPS) is 21.4. The van der Waals surface area contributed by atoms with E-state index < -0.39 is 0 Å². The molecule has 2 aliphatic rings. The van der Waals surface area contributed by atoms with Crippen LogP contribution < -0.4 is 5.32 Å². The number of carbonyl (C=O) groups is 1. The highest BCUT2D eigenvalue weighted by Gasteiger charge is 2.43. The summed E-state index contributed by atoms with van der Waals surface area (Å²) in [6.45, 7) is 4.46. The predicted molar refractivity (Wildman–Crippen MR) is 74.6 cm³/mol. The highest BCUT2D eigenvalue weighted by atomic mass is 16.2. The molecule has 1 amide bonds. The fourth-order valence-electron chi connectivity index (χ4n) is 2.63. The topological polar surface area (TPSA) is 29.1 Å². The Hall–Kier alpha value is -1.05. The molecule has 0 spiro atoms. The summed E-state index contributed by atoms with van der Waals surface area (Å²) in [5, 5.41) is 3.10. The van der Waals surface area contributed by atoms with E-state index in [-0.39, 0.29) is 11.3 Å². The van der Waals surface area contributed by atoms with E-state index in [1.165, 1.54) is 6.42 Å². The van der Waals surface area contributed by atoms with Crippen LogP contribution in [-0.4, -0.2) is 5.91 Å². The number of rotatable bonds is 5. The monoisotopic (exact) mass is 246 g/mol. The van der Waals surface area contributed by atoms with Crippen molar-refractivity contribution >= 4 is 5.91 Å². The summed E-state index contributed by atoms with van der Waals surface area (Å²) < 4.78 is 0. The first-order valence-electron chi connectivity index (χ1n) is 7.14. The minimum absolute atomic E-state index is 0.0693. The molecule has 0 aromatic heterocycles. The smallest absolute Gasteiger partial charge is 0.230 e. The zero-order valence-electron chi connectivity index (χ0n) is 11.5. The van der Waals surface area contributed by atoms with Crippen LogP contribution in [0, 0.1) is 17.8 Å².